The van der Waals surface area contributed by atoms with E-state index in [9.17, 15) is 43.2 Å². The smallest absolute Gasteiger partial charge is 0.462 e. The predicted octanol–water partition coefficient (Wildman–Crippen LogP) is 26.9. The lowest BCUT2D eigenvalue weighted by atomic mass is 9.99. The molecule has 636 valence electrons. The molecule has 0 saturated heterocycles. The molecule has 6 atom stereocenters. The maximum Gasteiger partial charge on any atom is 0.472 e. The van der Waals surface area contributed by atoms with Gasteiger partial charge in [0.15, 0.2) is 12.2 Å². The third kappa shape index (κ3) is 80.5. The zero-order valence-corrected chi connectivity index (χ0v) is 72.4. The van der Waals surface area contributed by atoms with Gasteiger partial charge < -0.3 is 33.8 Å². The van der Waals surface area contributed by atoms with Gasteiger partial charge >= 0.3 is 39.5 Å². The minimum absolute atomic E-state index is 0.108. The molecule has 19 heteroatoms. The fraction of sp³-hybridized carbons (Fsp3) is 0.955. The minimum Gasteiger partial charge on any atom is -0.462 e. The van der Waals surface area contributed by atoms with E-state index < -0.39 is 97.5 Å². The molecular formula is C88H172O17P2. The summed E-state index contributed by atoms with van der Waals surface area (Å²) in [5, 5.41) is 10.7. The molecule has 3 unspecified atom stereocenters. The van der Waals surface area contributed by atoms with Gasteiger partial charge in [-0.05, 0) is 43.4 Å². The summed E-state index contributed by atoms with van der Waals surface area (Å²) in [7, 11) is -9.93. The number of aliphatic hydroxyl groups is 1. The van der Waals surface area contributed by atoms with Crippen LogP contribution in [0.5, 0.6) is 0 Å². The quantitative estimate of drug-likeness (QED) is 0.0222. The van der Waals surface area contributed by atoms with E-state index in [2.05, 4.69) is 48.5 Å². The minimum atomic E-state index is -4.97. The second-order valence-corrected chi connectivity index (χ2v) is 35.7. The number of rotatable bonds is 86. The van der Waals surface area contributed by atoms with Crippen LogP contribution in [0, 0.1) is 17.8 Å². The first-order valence-electron chi connectivity index (χ1n) is 45.4. The number of esters is 4. The Bertz CT molecular complexity index is 2060. The van der Waals surface area contributed by atoms with Crippen LogP contribution >= 0.6 is 15.6 Å². The fourth-order valence-electron chi connectivity index (χ4n) is 13.7. The van der Waals surface area contributed by atoms with E-state index in [0.717, 1.165) is 114 Å². The maximum atomic E-state index is 13.2. The Morgan fingerprint density at radius 2 is 0.477 bits per heavy atom. The molecule has 0 spiro atoms. The first kappa shape index (κ1) is 105. The van der Waals surface area contributed by atoms with E-state index in [1.165, 1.54) is 270 Å². The number of hydrogen-bond donors (Lipinski definition) is 3. The number of carbonyl (C=O) groups is 4. The standard InChI is InChI=1S/C88H172O17P2/c1-8-10-11-12-13-48-55-62-69-85(90)98-75-83(104-87(92)71-65-58-51-44-38-32-26-20-22-28-34-40-46-53-60-67-80(5)6)77-102-106(94,95)100-73-82(89)74-101-107(96,97)103-78-84(76-99-86(91)70-63-56-49-42-36-30-24-19-18-21-27-33-39-45-52-59-66-79(3)4)105-88(93)72-64-57-50-43-37-31-25-17-15-14-16-23-29-35-41-47-54-61-68-81(7)9-2/h79-84,89H,8-78H2,1-7H3,(H,94,95)(H,96,97)/t81?,82-,83+,84+/m0/s1. The van der Waals surface area contributed by atoms with Crippen molar-refractivity contribution in [2.45, 2.75) is 484 Å². The fourth-order valence-corrected chi connectivity index (χ4v) is 15.3. The number of carbonyl (C=O) groups excluding carboxylic acids is 4. The summed E-state index contributed by atoms with van der Waals surface area (Å²) in [6.45, 7) is 12.1. The zero-order chi connectivity index (χ0) is 78.6. The molecule has 0 saturated carbocycles. The number of phosphoric acid groups is 2. The van der Waals surface area contributed by atoms with Crippen LogP contribution in [-0.2, 0) is 65.4 Å². The lowest BCUT2D eigenvalue weighted by Gasteiger charge is -2.21. The topological polar surface area (TPSA) is 237 Å². The molecule has 0 amide bonds. The van der Waals surface area contributed by atoms with Crippen molar-refractivity contribution in [2.75, 3.05) is 39.6 Å². The summed E-state index contributed by atoms with van der Waals surface area (Å²) in [6.07, 6.45) is 69.5. The number of phosphoric ester groups is 2. The van der Waals surface area contributed by atoms with Crippen molar-refractivity contribution >= 4 is 39.5 Å². The highest BCUT2D eigenvalue weighted by atomic mass is 31.2. The highest BCUT2D eigenvalue weighted by Gasteiger charge is 2.31. The molecule has 3 N–H and O–H groups in total. The van der Waals surface area contributed by atoms with Gasteiger partial charge in [0.1, 0.15) is 19.3 Å². The van der Waals surface area contributed by atoms with Gasteiger partial charge in [-0.2, -0.15) is 0 Å². The van der Waals surface area contributed by atoms with Crippen molar-refractivity contribution < 1.29 is 80.2 Å². The highest BCUT2D eigenvalue weighted by molar-refractivity contribution is 7.47. The van der Waals surface area contributed by atoms with Crippen molar-refractivity contribution in [3.8, 4) is 0 Å². The van der Waals surface area contributed by atoms with E-state index in [1.807, 2.05) is 0 Å². The molecule has 17 nitrogen and oxygen atoms in total. The monoisotopic (exact) mass is 1560 g/mol. The van der Waals surface area contributed by atoms with Gasteiger partial charge in [-0.15, -0.1) is 0 Å². The molecular weight excluding hydrogens is 1390 g/mol. The van der Waals surface area contributed by atoms with E-state index >= 15 is 0 Å². The van der Waals surface area contributed by atoms with Crippen molar-refractivity contribution in [2.24, 2.45) is 17.8 Å². The Morgan fingerprint density at radius 1 is 0.271 bits per heavy atom. The Balaban J connectivity index is 5.18. The van der Waals surface area contributed by atoms with Crippen LogP contribution in [0.1, 0.15) is 466 Å². The first-order chi connectivity index (χ1) is 51.8. The largest absolute Gasteiger partial charge is 0.472 e. The normalized spacial score (nSPS) is 14.1. The zero-order valence-electron chi connectivity index (χ0n) is 70.6. The molecule has 0 aliphatic rings. The Kier molecular flexibility index (Phi) is 76.6. The van der Waals surface area contributed by atoms with Gasteiger partial charge in [0.2, 0.25) is 0 Å². The van der Waals surface area contributed by atoms with Crippen LogP contribution < -0.4 is 0 Å². The average molecular weight is 1560 g/mol. The van der Waals surface area contributed by atoms with Gasteiger partial charge in [-0.3, -0.25) is 37.3 Å². The molecule has 0 radical (unpaired) electrons. The van der Waals surface area contributed by atoms with Gasteiger partial charge in [0.25, 0.3) is 0 Å². The van der Waals surface area contributed by atoms with Crippen LogP contribution in [0.4, 0.5) is 0 Å². The van der Waals surface area contributed by atoms with Crippen molar-refractivity contribution in [3.05, 3.63) is 0 Å². The summed E-state index contributed by atoms with van der Waals surface area (Å²) in [4.78, 5) is 73.2. The van der Waals surface area contributed by atoms with Crippen molar-refractivity contribution in [1.82, 2.24) is 0 Å². The van der Waals surface area contributed by atoms with Crippen LogP contribution in [0.3, 0.4) is 0 Å². The van der Waals surface area contributed by atoms with Crippen molar-refractivity contribution in [3.63, 3.8) is 0 Å². The lowest BCUT2D eigenvalue weighted by molar-refractivity contribution is -0.161. The molecule has 0 aromatic heterocycles. The first-order valence-corrected chi connectivity index (χ1v) is 48.4. The maximum absolute atomic E-state index is 13.2. The second-order valence-electron chi connectivity index (χ2n) is 32.8. The summed E-state index contributed by atoms with van der Waals surface area (Å²) < 4.78 is 68.9. The van der Waals surface area contributed by atoms with Crippen LogP contribution in [0.25, 0.3) is 0 Å². The van der Waals surface area contributed by atoms with E-state index in [4.69, 9.17) is 37.0 Å². The molecule has 0 bridgehead atoms. The summed E-state index contributed by atoms with van der Waals surface area (Å²) in [5.74, 6) is 0.382. The van der Waals surface area contributed by atoms with E-state index in [0.29, 0.717) is 25.7 Å². The van der Waals surface area contributed by atoms with Crippen molar-refractivity contribution in [1.29, 1.82) is 0 Å². The number of unbranched alkanes of at least 4 members (excludes halogenated alkanes) is 53. The Morgan fingerprint density at radius 3 is 0.710 bits per heavy atom. The second kappa shape index (κ2) is 78.0. The van der Waals surface area contributed by atoms with Gasteiger partial charge in [-0.25, -0.2) is 9.13 Å². The summed E-state index contributed by atoms with van der Waals surface area (Å²) in [5.41, 5.74) is 0. The highest BCUT2D eigenvalue weighted by Crippen LogP contribution is 2.45. The number of ether oxygens (including phenoxy) is 4. The van der Waals surface area contributed by atoms with Gasteiger partial charge in [0.05, 0.1) is 26.4 Å². The molecule has 0 fully saturated rings. The molecule has 0 aliphatic heterocycles. The van der Waals surface area contributed by atoms with E-state index in [1.54, 1.807) is 0 Å². The molecule has 107 heavy (non-hydrogen) atoms. The Labute approximate surface area is 658 Å². The lowest BCUT2D eigenvalue weighted by Crippen LogP contribution is -2.30. The number of hydrogen-bond acceptors (Lipinski definition) is 15. The molecule has 0 aliphatic carbocycles. The average Bonchev–Trinajstić information content (AvgIpc) is 0.900. The van der Waals surface area contributed by atoms with E-state index in [-0.39, 0.29) is 25.7 Å². The summed E-state index contributed by atoms with van der Waals surface area (Å²) >= 11 is 0. The van der Waals surface area contributed by atoms with Gasteiger partial charge in [-0.1, -0.05) is 414 Å². The third-order valence-electron chi connectivity index (χ3n) is 21.0. The van der Waals surface area contributed by atoms with Crippen LogP contribution in [-0.4, -0.2) is 96.7 Å². The van der Waals surface area contributed by atoms with Crippen LogP contribution in [0.15, 0.2) is 0 Å². The van der Waals surface area contributed by atoms with Gasteiger partial charge in [0, 0.05) is 25.7 Å². The Hall–Kier alpha value is -1.94. The molecule has 0 heterocycles. The summed E-state index contributed by atoms with van der Waals surface area (Å²) in [6, 6.07) is 0. The number of aliphatic hydroxyl groups excluding tert-OH is 1. The van der Waals surface area contributed by atoms with Crippen LogP contribution in [0.2, 0.25) is 0 Å². The SMILES string of the molecule is CCCCCCCCCCC(=O)OC[C@H](COP(=O)(O)OC[C@H](O)COP(=O)(O)OC[C@@H](COC(=O)CCCCCCCCCCCCCCCCCCC(C)C)OC(=O)CCCCCCCCCCCCCCCCCCCCC(C)CC)OC(=O)CCCCCCCCCCCCCCCCCC(C)C. The molecule has 0 aromatic carbocycles. The molecule has 0 aromatic rings. The predicted molar refractivity (Wildman–Crippen MR) is 441 cm³/mol. The molecule has 0 rings (SSSR count). The third-order valence-corrected chi connectivity index (χ3v) is 22.9.